The average molecular weight is 313 g/mol. The van der Waals surface area contributed by atoms with Gasteiger partial charge >= 0.3 is 0 Å². The third kappa shape index (κ3) is 2.75. The van der Waals surface area contributed by atoms with Gasteiger partial charge in [-0.3, -0.25) is 4.79 Å². The number of amides is 1. The summed E-state index contributed by atoms with van der Waals surface area (Å²) in [6, 6.07) is 8.07. The molecule has 23 heavy (non-hydrogen) atoms. The Labute approximate surface area is 138 Å². The Morgan fingerprint density at radius 3 is 2.35 bits per heavy atom. The summed E-state index contributed by atoms with van der Waals surface area (Å²) < 4.78 is 5.39. The SMILES string of the molecule is COc1ccccc1CCNC(=O)C12CC3CC(CC(C3)C1)C2. The zero-order valence-electron chi connectivity index (χ0n) is 14.0. The Balaban J connectivity index is 1.37. The summed E-state index contributed by atoms with van der Waals surface area (Å²) in [5.41, 5.74) is 1.14. The Morgan fingerprint density at radius 1 is 1.13 bits per heavy atom. The van der Waals surface area contributed by atoms with Crippen molar-refractivity contribution < 1.29 is 9.53 Å². The molecule has 4 aliphatic carbocycles. The van der Waals surface area contributed by atoms with E-state index in [1.807, 2.05) is 18.2 Å². The second kappa shape index (κ2) is 5.85. The van der Waals surface area contributed by atoms with Gasteiger partial charge in [-0.25, -0.2) is 0 Å². The lowest BCUT2D eigenvalue weighted by molar-refractivity contribution is -0.146. The van der Waals surface area contributed by atoms with E-state index in [1.54, 1.807) is 7.11 Å². The fourth-order valence-electron chi connectivity index (χ4n) is 5.80. The molecule has 4 fully saturated rings. The van der Waals surface area contributed by atoms with Crippen molar-refractivity contribution in [1.82, 2.24) is 5.32 Å². The first kappa shape index (κ1) is 15.0. The van der Waals surface area contributed by atoms with Crippen molar-refractivity contribution in [2.45, 2.75) is 44.9 Å². The Kier molecular flexibility index (Phi) is 3.82. The van der Waals surface area contributed by atoms with E-state index in [1.165, 1.54) is 24.8 Å². The zero-order chi connectivity index (χ0) is 15.9. The molecule has 0 aliphatic heterocycles. The van der Waals surface area contributed by atoms with Crippen LogP contribution >= 0.6 is 0 Å². The predicted molar refractivity (Wildman–Crippen MR) is 90.3 cm³/mol. The van der Waals surface area contributed by atoms with Crippen LogP contribution in [0.3, 0.4) is 0 Å². The van der Waals surface area contributed by atoms with Gasteiger partial charge in [0.2, 0.25) is 5.91 Å². The normalized spacial score (nSPS) is 34.4. The number of hydrogen-bond donors (Lipinski definition) is 1. The van der Waals surface area contributed by atoms with E-state index in [9.17, 15) is 4.79 Å². The van der Waals surface area contributed by atoms with Crippen molar-refractivity contribution in [3.63, 3.8) is 0 Å². The number of para-hydroxylation sites is 1. The molecule has 5 rings (SSSR count). The molecule has 3 heteroatoms. The van der Waals surface area contributed by atoms with Gasteiger partial charge in [0.05, 0.1) is 7.11 Å². The topological polar surface area (TPSA) is 38.3 Å². The second-order valence-electron chi connectivity index (χ2n) is 8.02. The third-order valence-corrected chi connectivity index (χ3v) is 6.39. The van der Waals surface area contributed by atoms with Gasteiger partial charge < -0.3 is 10.1 Å². The number of ether oxygens (including phenoxy) is 1. The number of carbonyl (C=O) groups excluding carboxylic acids is 1. The van der Waals surface area contributed by atoms with E-state index in [0.717, 1.165) is 49.2 Å². The molecule has 0 aromatic heterocycles. The van der Waals surface area contributed by atoms with E-state index < -0.39 is 0 Å². The van der Waals surface area contributed by atoms with Crippen LogP contribution in [0.25, 0.3) is 0 Å². The van der Waals surface area contributed by atoms with Crippen LogP contribution in [0.4, 0.5) is 0 Å². The minimum absolute atomic E-state index is 0.0322. The predicted octanol–water partition coefficient (Wildman–Crippen LogP) is 3.57. The third-order valence-electron chi connectivity index (χ3n) is 6.39. The van der Waals surface area contributed by atoms with Crippen LogP contribution in [0, 0.1) is 23.2 Å². The Hall–Kier alpha value is -1.51. The van der Waals surface area contributed by atoms with Crippen molar-refractivity contribution >= 4 is 5.91 Å². The van der Waals surface area contributed by atoms with Crippen molar-refractivity contribution in [2.75, 3.05) is 13.7 Å². The van der Waals surface area contributed by atoms with Crippen molar-refractivity contribution in [3.05, 3.63) is 29.8 Å². The second-order valence-corrected chi connectivity index (χ2v) is 8.02. The highest BCUT2D eigenvalue weighted by Gasteiger charge is 2.54. The van der Waals surface area contributed by atoms with Gasteiger partial charge in [-0.1, -0.05) is 18.2 Å². The number of nitrogens with one attached hydrogen (secondary N) is 1. The number of rotatable bonds is 5. The molecule has 0 radical (unpaired) electrons. The molecule has 4 saturated carbocycles. The van der Waals surface area contributed by atoms with E-state index >= 15 is 0 Å². The number of methoxy groups -OCH3 is 1. The number of carbonyl (C=O) groups is 1. The lowest BCUT2D eigenvalue weighted by Gasteiger charge is -2.55. The number of benzene rings is 1. The Bertz CT molecular complexity index is 560. The lowest BCUT2D eigenvalue weighted by Crippen LogP contribution is -2.53. The molecule has 0 unspecified atom stereocenters. The summed E-state index contributed by atoms with van der Waals surface area (Å²) in [6.45, 7) is 0.709. The van der Waals surface area contributed by atoms with Crippen LogP contribution in [0.1, 0.15) is 44.1 Å². The molecule has 124 valence electrons. The maximum absolute atomic E-state index is 12.9. The van der Waals surface area contributed by atoms with E-state index in [2.05, 4.69) is 11.4 Å². The van der Waals surface area contributed by atoms with Gasteiger partial charge in [0, 0.05) is 12.0 Å². The Morgan fingerprint density at radius 2 is 1.74 bits per heavy atom. The zero-order valence-corrected chi connectivity index (χ0v) is 14.0. The molecule has 1 aromatic carbocycles. The summed E-state index contributed by atoms with van der Waals surface area (Å²) in [6.07, 6.45) is 8.40. The van der Waals surface area contributed by atoms with Crippen molar-refractivity contribution in [3.8, 4) is 5.75 Å². The minimum atomic E-state index is -0.0322. The average Bonchev–Trinajstić information content (AvgIpc) is 2.54. The van der Waals surface area contributed by atoms with Crippen LogP contribution in [0.5, 0.6) is 5.75 Å². The standard InChI is InChI=1S/C20H27NO2/c1-23-18-5-3-2-4-17(18)6-7-21-19(22)20-11-14-8-15(12-20)10-16(9-14)13-20/h2-5,14-16H,6-13H2,1H3,(H,21,22). The molecular weight excluding hydrogens is 286 g/mol. The fourth-order valence-corrected chi connectivity index (χ4v) is 5.80. The maximum atomic E-state index is 12.9. The van der Waals surface area contributed by atoms with Gasteiger partial charge in [-0.05, 0) is 74.3 Å². The first-order valence-corrected chi connectivity index (χ1v) is 9.09. The molecule has 0 spiro atoms. The van der Waals surface area contributed by atoms with Crippen LogP contribution in [-0.2, 0) is 11.2 Å². The quantitative estimate of drug-likeness (QED) is 0.902. The summed E-state index contributed by atoms with van der Waals surface area (Å²) in [7, 11) is 1.70. The van der Waals surface area contributed by atoms with Gasteiger partial charge in [0.15, 0.2) is 0 Å². The van der Waals surface area contributed by atoms with Crippen LogP contribution in [-0.4, -0.2) is 19.6 Å². The molecule has 0 saturated heterocycles. The highest BCUT2D eigenvalue weighted by atomic mass is 16.5. The molecule has 4 bridgehead atoms. The smallest absolute Gasteiger partial charge is 0.226 e. The van der Waals surface area contributed by atoms with Gasteiger partial charge in [-0.2, -0.15) is 0 Å². The van der Waals surface area contributed by atoms with Crippen LogP contribution in [0.15, 0.2) is 24.3 Å². The van der Waals surface area contributed by atoms with E-state index in [4.69, 9.17) is 4.74 Å². The van der Waals surface area contributed by atoms with E-state index in [0.29, 0.717) is 12.5 Å². The van der Waals surface area contributed by atoms with Crippen LogP contribution in [0.2, 0.25) is 0 Å². The van der Waals surface area contributed by atoms with Gasteiger partial charge in [0.25, 0.3) is 0 Å². The molecule has 1 aromatic rings. The molecule has 4 aliphatic rings. The highest BCUT2D eigenvalue weighted by molar-refractivity contribution is 5.83. The highest BCUT2D eigenvalue weighted by Crippen LogP contribution is 2.60. The van der Waals surface area contributed by atoms with Crippen molar-refractivity contribution in [2.24, 2.45) is 23.2 Å². The molecule has 1 amide bonds. The first-order chi connectivity index (χ1) is 11.2. The number of hydrogen-bond acceptors (Lipinski definition) is 2. The summed E-state index contributed by atoms with van der Waals surface area (Å²) in [5, 5.41) is 3.24. The fraction of sp³-hybridized carbons (Fsp3) is 0.650. The summed E-state index contributed by atoms with van der Waals surface area (Å²) >= 11 is 0. The maximum Gasteiger partial charge on any atom is 0.226 e. The largest absolute Gasteiger partial charge is 0.496 e. The van der Waals surface area contributed by atoms with E-state index in [-0.39, 0.29) is 5.41 Å². The molecule has 1 N–H and O–H groups in total. The molecule has 0 atom stereocenters. The van der Waals surface area contributed by atoms with Crippen LogP contribution < -0.4 is 10.1 Å². The lowest BCUT2D eigenvalue weighted by atomic mass is 9.49. The minimum Gasteiger partial charge on any atom is -0.496 e. The first-order valence-electron chi connectivity index (χ1n) is 9.09. The van der Waals surface area contributed by atoms with Gasteiger partial charge in [-0.15, -0.1) is 0 Å². The molecule has 3 nitrogen and oxygen atoms in total. The summed E-state index contributed by atoms with van der Waals surface area (Å²) in [5.74, 6) is 3.70. The molecular formula is C20H27NO2. The summed E-state index contributed by atoms with van der Waals surface area (Å²) in [4.78, 5) is 12.9. The molecule has 0 heterocycles. The van der Waals surface area contributed by atoms with Crippen molar-refractivity contribution in [1.29, 1.82) is 0 Å². The monoisotopic (exact) mass is 313 g/mol. The van der Waals surface area contributed by atoms with Gasteiger partial charge in [0.1, 0.15) is 5.75 Å².